The third-order valence-corrected chi connectivity index (χ3v) is 5.96. The van der Waals surface area contributed by atoms with Gasteiger partial charge < -0.3 is 19.1 Å². The monoisotopic (exact) mass is 447 g/mol. The molecule has 32 heavy (non-hydrogen) atoms. The predicted octanol–water partition coefficient (Wildman–Crippen LogP) is 4.56. The van der Waals surface area contributed by atoms with Gasteiger partial charge in [-0.2, -0.15) is 5.10 Å². The fraction of sp³-hybridized carbons (Fsp3) is 0.167. The average molecular weight is 448 g/mol. The summed E-state index contributed by atoms with van der Waals surface area (Å²) < 4.78 is 18.5. The molecule has 0 bridgehead atoms. The van der Waals surface area contributed by atoms with E-state index in [4.69, 9.17) is 14.2 Å². The average Bonchev–Trinajstić information content (AvgIpc) is 3.52. The van der Waals surface area contributed by atoms with Gasteiger partial charge in [-0.1, -0.05) is 24.3 Å². The Morgan fingerprint density at radius 3 is 2.66 bits per heavy atom. The highest BCUT2D eigenvalue weighted by molar-refractivity contribution is 7.09. The summed E-state index contributed by atoms with van der Waals surface area (Å²) in [7, 11) is 1.54. The summed E-state index contributed by atoms with van der Waals surface area (Å²) in [5.74, 6) is 1.45. The second kappa shape index (κ2) is 8.76. The van der Waals surface area contributed by atoms with E-state index < -0.39 is 0 Å². The Hall–Kier alpha value is -3.78. The van der Waals surface area contributed by atoms with Gasteiger partial charge in [0.1, 0.15) is 13.2 Å². The lowest BCUT2D eigenvalue weighted by Gasteiger charge is -2.24. The van der Waals surface area contributed by atoms with Gasteiger partial charge in [0.25, 0.3) is 5.91 Å². The number of amides is 1. The van der Waals surface area contributed by atoms with E-state index in [2.05, 4.69) is 5.10 Å². The molecule has 0 spiro atoms. The first-order valence-corrected chi connectivity index (χ1v) is 11.0. The van der Waals surface area contributed by atoms with Crippen LogP contribution in [0.5, 0.6) is 17.2 Å². The van der Waals surface area contributed by atoms with Gasteiger partial charge in [-0.25, -0.2) is 4.68 Å². The number of para-hydroxylation sites is 1. The molecule has 2 aromatic heterocycles. The van der Waals surface area contributed by atoms with E-state index in [1.54, 1.807) is 27.1 Å². The van der Waals surface area contributed by atoms with E-state index in [-0.39, 0.29) is 11.6 Å². The first kappa shape index (κ1) is 20.1. The summed E-state index contributed by atoms with van der Waals surface area (Å²) in [4.78, 5) is 16.5. The van der Waals surface area contributed by atoms with Gasteiger partial charge in [0.2, 0.25) is 0 Å². The van der Waals surface area contributed by atoms with Crippen LogP contribution in [-0.2, 0) is 6.54 Å². The maximum atomic E-state index is 13.8. The topological polar surface area (TPSA) is 65.8 Å². The van der Waals surface area contributed by atoms with Crippen molar-refractivity contribution in [3.8, 4) is 22.9 Å². The van der Waals surface area contributed by atoms with E-state index in [9.17, 15) is 4.79 Å². The van der Waals surface area contributed by atoms with Crippen LogP contribution in [0.2, 0.25) is 0 Å². The Bertz CT molecular complexity index is 1220. The maximum absolute atomic E-state index is 13.8. The van der Waals surface area contributed by atoms with Crippen molar-refractivity contribution in [1.29, 1.82) is 0 Å². The highest BCUT2D eigenvalue weighted by atomic mass is 32.1. The smallest absolute Gasteiger partial charge is 0.283 e. The number of aromatic nitrogens is 2. The number of methoxy groups -OCH3 is 1. The Kier molecular flexibility index (Phi) is 5.51. The summed E-state index contributed by atoms with van der Waals surface area (Å²) in [5.41, 5.74) is 1.78. The van der Waals surface area contributed by atoms with Crippen molar-refractivity contribution >= 4 is 22.9 Å². The molecule has 0 fully saturated rings. The lowest BCUT2D eigenvalue weighted by molar-refractivity contribution is 0.0977. The minimum atomic E-state index is -0.262. The van der Waals surface area contributed by atoms with Crippen LogP contribution in [0.3, 0.4) is 0 Å². The SMILES string of the molecule is COc1cn(-c2ccccc2)nc1C(=O)N(Cc1cccs1)c1ccc2c(c1)OCCO2. The molecule has 0 saturated heterocycles. The summed E-state index contributed by atoms with van der Waals surface area (Å²) >= 11 is 1.59. The fourth-order valence-corrected chi connectivity index (χ4v) is 4.23. The number of hydrogen-bond donors (Lipinski definition) is 0. The molecule has 0 saturated carbocycles. The first-order chi connectivity index (χ1) is 15.7. The first-order valence-electron chi connectivity index (χ1n) is 10.2. The number of benzene rings is 2. The van der Waals surface area contributed by atoms with Crippen LogP contribution in [0.1, 0.15) is 15.4 Å². The molecule has 1 amide bonds. The lowest BCUT2D eigenvalue weighted by Crippen LogP contribution is -2.31. The highest BCUT2D eigenvalue weighted by Gasteiger charge is 2.27. The van der Waals surface area contributed by atoms with Crippen molar-refractivity contribution in [2.45, 2.75) is 6.54 Å². The second-order valence-corrected chi connectivity index (χ2v) is 8.16. The van der Waals surface area contributed by atoms with E-state index in [1.165, 1.54) is 7.11 Å². The number of fused-ring (bicyclic) bond motifs is 1. The van der Waals surface area contributed by atoms with Crippen molar-refractivity contribution in [2.75, 3.05) is 25.2 Å². The van der Waals surface area contributed by atoms with Crippen LogP contribution in [-0.4, -0.2) is 36.0 Å². The van der Waals surface area contributed by atoms with Crippen LogP contribution in [0, 0.1) is 0 Å². The predicted molar refractivity (Wildman–Crippen MR) is 122 cm³/mol. The molecule has 2 aromatic carbocycles. The van der Waals surface area contributed by atoms with Gasteiger partial charge in [0.15, 0.2) is 22.9 Å². The third kappa shape index (κ3) is 3.92. The van der Waals surface area contributed by atoms with Gasteiger partial charge in [-0.15, -0.1) is 11.3 Å². The number of ether oxygens (including phenoxy) is 3. The standard InChI is InChI=1S/C24H21N3O4S/c1-29-22-16-27(17-6-3-2-4-7-17)25-23(22)24(28)26(15-19-8-5-13-32-19)18-9-10-20-21(14-18)31-12-11-30-20/h2-10,13-14,16H,11-12,15H2,1H3. The van der Waals surface area contributed by atoms with Gasteiger partial charge in [-0.3, -0.25) is 4.79 Å². The van der Waals surface area contributed by atoms with E-state index in [0.717, 1.165) is 10.6 Å². The summed E-state index contributed by atoms with van der Waals surface area (Å²) in [6.45, 7) is 1.39. The van der Waals surface area contributed by atoms with Crippen molar-refractivity contribution in [3.63, 3.8) is 0 Å². The molecule has 162 valence electrons. The normalized spacial score (nSPS) is 12.4. The van der Waals surface area contributed by atoms with E-state index in [1.807, 2.05) is 66.0 Å². The Labute approximate surface area is 189 Å². The molecule has 0 aliphatic carbocycles. The molecule has 1 aliphatic rings. The van der Waals surface area contributed by atoms with Crippen molar-refractivity contribution in [2.24, 2.45) is 0 Å². The zero-order valence-corrected chi connectivity index (χ0v) is 18.2. The van der Waals surface area contributed by atoms with Crippen LogP contribution >= 0.6 is 11.3 Å². The van der Waals surface area contributed by atoms with Gasteiger partial charge in [0, 0.05) is 16.6 Å². The van der Waals surface area contributed by atoms with Crippen molar-refractivity contribution < 1.29 is 19.0 Å². The van der Waals surface area contributed by atoms with Gasteiger partial charge >= 0.3 is 0 Å². The molecule has 7 nitrogen and oxygen atoms in total. The number of carbonyl (C=O) groups excluding carboxylic acids is 1. The lowest BCUT2D eigenvalue weighted by atomic mass is 10.2. The van der Waals surface area contributed by atoms with Crippen LogP contribution < -0.4 is 19.1 Å². The number of nitrogens with zero attached hydrogens (tertiary/aromatic N) is 3. The quantitative estimate of drug-likeness (QED) is 0.434. The van der Waals surface area contributed by atoms with Crippen molar-refractivity contribution in [1.82, 2.24) is 9.78 Å². The minimum absolute atomic E-state index is 0.239. The summed E-state index contributed by atoms with van der Waals surface area (Å²) in [6.07, 6.45) is 1.72. The fourth-order valence-electron chi connectivity index (χ4n) is 3.54. The molecule has 0 N–H and O–H groups in total. The number of carbonyl (C=O) groups is 1. The Morgan fingerprint density at radius 2 is 1.91 bits per heavy atom. The van der Waals surface area contributed by atoms with Gasteiger partial charge in [0.05, 0.1) is 25.5 Å². The van der Waals surface area contributed by atoms with Crippen LogP contribution in [0.25, 0.3) is 5.69 Å². The third-order valence-electron chi connectivity index (χ3n) is 5.10. The number of hydrogen-bond acceptors (Lipinski definition) is 6. The molecular weight excluding hydrogens is 426 g/mol. The Morgan fingerprint density at radius 1 is 1.09 bits per heavy atom. The molecule has 8 heteroatoms. The molecular formula is C24H21N3O4S. The molecule has 1 aliphatic heterocycles. The molecule has 4 aromatic rings. The highest BCUT2D eigenvalue weighted by Crippen LogP contribution is 2.35. The number of rotatable bonds is 6. The van der Waals surface area contributed by atoms with E-state index in [0.29, 0.717) is 42.7 Å². The Balaban J connectivity index is 1.54. The minimum Gasteiger partial charge on any atom is -0.493 e. The summed E-state index contributed by atoms with van der Waals surface area (Å²) in [6, 6.07) is 19.1. The zero-order valence-electron chi connectivity index (χ0n) is 17.4. The van der Waals surface area contributed by atoms with Gasteiger partial charge in [-0.05, 0) is 35.7 Å². The molecule has 0 radical (unpaired) electrons. The zero-order chi connectivity index (χ0) is 21.9. The number of anilines is 1. The van der Waals surface area contributed by atoms with Crippen LogP contribution in [0.15, 0.2) is 72.2 Å². The summed E-state index contributed by atoms with van der Waals surface area (Å²) in [5, 5.41) is 6.55. The molecule has 5 rings (SSSR count). The van der Waals surface area contributed by atoms with Crippen LogP contribution in [0.4, 0.5) is 5.69 Å². The largest absolute Gasteiger partial charge is 0.493 e. The maximum Gasteiger partial charge on any atom is 0.283 e. The van der Waals surface area contributed by atoms with E-state index >= 15 is 0 Å². The second-order valence-electron chi connectivity index (χ2n) is 7.12. The molecule has 0 unspecified atom stereocenters. The molecule has 0 atom stereocenters. The number of thiophene rings is 1. The molecule has 3 heterocycles. The van der Waals surface area contributed by atoms with Crippen molar-refractivity contribution in [3.05, 3.63) is 82.8 Å².